The molecule has 0 fully saturated rings. The lowest BCUT2D eigenvalue weighted by Crippen LogP contribution is -2.43. The van der Waals surface area contributed by atoms with Crippen LogP contribution >= 0.6 is 11.6 Å². The van der Waals surface area contributed by atoms with Gasteiger partial charge in [-0.2, -0.15) is 9.61 Å². The van der Waals surface area contributed by atoms with Crippen molar-refractivity contribution in [1.82, 2.24) is 29.0 Å². The van der Waals surface area contributed by atoms with Crippen LogP contribution in [0.15, 0.2) is 59.4 Å². The first-order valence-corrected chi connectivity index (χ1v) is 13.2. The molecule has 8 nitrogen and oxygen atoms in total. The van der Waals surface area contributed by atoms with Crippen molar-refractivity contribution < 1.29 is 4.79 Å². The van der Waals surface area contributed by atoms with E-state index >= 15 is 0 Å². The fraction of sp³-hybridized carbons (Fsp3) is 0.379. The average molecular weight is 535 g/mol. The summed E-state index contributed by atoms with van der Waals surface area (Å²) in [7, 11) is 4.00. The van der Waals surface area contributed by atoms with Gasteiger partial charge in [-0.1, -0.05) is 59.6 Å². The predicted molar refractivity (Wildman–Crippen MR) is 151 cm³/mol. The Kier molecular flexibility index (Phi) is 8.64. The van der Waals surface area contributed by atoms with E-state index in [9.17, 15) is 9.59 Å². The largest absolute Gasteiger partial charge is 0.352 e. The van der Waals surface area contributed by atoms with Gasteiger partial charge in [0.15, 0.2) is 5.65 Å². The molecule has 9 heteroatoms. The Morgan fingerprint density at radius 3 is 2.37 bits per heavy atom. The van der Waals surface area contributed by atoms with Crippen LogP contribution in [0.1, 0.15) is 46.3 Å². The molecule has 38 heavy (non-hydrogen) atoms. The number of likely N-dealkylation sites (N-methyl/N-ethyl adjacent to an activating group) is 1. The Hall–Kier alpha value is -3.49. The molecule has 2 aromatic heterocycles. The summed E-state index contributed by atoms with van der Waals surface area (Å²) in [4.78, 5) is 35.8. The number of aromatic nitrogens is 4. The van der Waals surface area contributed by atoms with Gasteiger partial charge in [0.05, 0.1) is 12.2 Å². The molecule has 0 aliphatic heterocycles. The summed E-state index contributed by atoms with van der Waals surface area (Å²) in [6.45, 7) is 7.53. The highest BCUT2D eigenvalue weighted by Gasteiger charge is 2.23. The van der Waals surface area contributed by atoms with Gasteiger partial charge in [0.25, 0.3) is 5.91 Å². The number of nitrogens with zero attached hydrogens (tertiary/aromatic N) is 6. The van der Waals surface area contributed by atoms with Crippen LogP contribution in [0.2, 0.25) is 5.02 Å². The van der Waals surface area contributed by atoms with Gasteiger partial charge < -0.3 is 9.80 Å². The number of carbonyl (C=O) groups is 1. The van der Waals surface area contributed by atoms with E-state index in [0.29, 0.717) is 53.7 Å². The quantitative estimate of drug-likeness (QED) is 0.304. The number of amides is 1. The summed E-state index contributed by atoms with van der Waals surface area (Å²) in [5.41, 5.74) is 3.41. The van der Waals surface area contributed by atoms with Gasteiger partial charge in [0.2, 0.25) is 0 Å². The van der Waals surface area contributed by atoms with Crippen molar-refractivity contribution in [3.05, 3.63) is 98.3 Å². The minimum atomic E-state index is -0.281. The molecule has 0 saturated carbocycles. The highest BCUT2D eigenvalue weighted by atomic mass is 35.5. The topological polar surface area (TPSA) is 75.7 Å². The lowest BCUT2D eigenvalue weighted by atomic mass is 10.1. The van der Waals surface area contributed by atoms with E-state index in [0.717, 1.165) is 17.7 Å². The highest BCUT2D eigenvalue weighted by Crippen LogP contribution is 2.20. The Morgan fingerprint density at radius 1 is 1.03 bits per heavy atom. The SMILES string of the molecule is Cc1ccc(C(=O)N(CCN(C)C)[C@@H](C)CCc2nc3c(Cl)c(C)nn3c(=O)n2Cc2ccccc2)cc1. The lowest BCUT2D eigenvalue weighted by molar-refractivity contribution is 0.0669. The molecule has 0 spiro atoms. The third-order valence-electron chi connectivity index (χ3n) is 6.77. The minimum absolute atomic E-state index is 0.00102. The summed E-state index contributed by atoms with van der Waals surface area (Å²) in [6, 6.07) is 17.4. The molecule has 4 aromatic rings. The molecule has 0 N–H and O–H groups in total. The number of hydrogen-bond donors (Lipinski definition) is 0. The van der Waals surface area contributed by atoms with Gasteiger partial charge in [-0.25, -0.2) is 9.78 Å². The number of fused-ring (bicyclic) bond motifs is 1. The third-order valence-corrected chi connectivity index (χ3v) is 7.21. The number of halogens is 1. The molecule has 2 heterocycles. The Balaban J connectivity index is 1.64. The Morgan fingerprint density at radius 2 is 1.71 bits per heavy atom. The van der Waals surface area contributed by atoms with Gasteiger partial charge >= 0.3 is 5.69 Å². The van der Waals surface area contributed by atoms with Crippen molar-refractivity contribution in [3.8, 4) is 0 Å². The second-order valence-corrected chi connectivity index (χ2v) is 10.5. The third kappa shape index (κ3) is 6.14. The average Bonchev–Trinajstić information content (AvgIpc) is 3.19. The van der Waals surface area contributed by atoms with Crippen LogP contribution in [0.4, 0.5) is 0 Å². The number of carbonyl (C=O) groups excluding carboxylic acids is 1. The monoisotopic (exact) mass is 534 g/mol. The van der Waals surface area contributed by atoms with Gasteiger partial charge in [-0.05, 0) is 59.0 Å². The van der Waals surface area contributed by atoms with Crippen LogP contribution in [0.3, 0.4) is 0 Å². The minimum Gasteiger partial charge on any atom is -0.335 e. The van der Waals surface area contributed by atoms with E-state index in [1.54, 1.807) is 11.5 Å². The van der Waals surface area contributed by atoms with E-state index in [4.69, 9.17) is 16.6 Å². The molecule has 0 unspecified atom stereocenters. The van der Waals surface area contributed by atoms with Crippen molar-refractivity contribution in [2.24, 2.45) is 0 Å². The van der Waals surface area contributed by atoms with Crippen LogP contribution < -0.4 is 5.69 Å². The predicted octanol–water partition coefficient (Wildman–Crippen LogP) is 4.23. The van der Waals surface area contributed by atoms with E-state index in [1.807, 2.05) is 80.5 Å². The Labute approximate surface area is 228 Å². The van der Waals surface area contributed by atoms with E-state index < -0.39 is 0 Å². The van der Waals surface area contributed by atoms with Crippen molar-refractivity contribution >= 4 is 23.2 Å². The molecule has 0 aliphatic carbocycles. The summed E-state index contributed by atoms with van der Waals surface area (Å²) < 4.78 is 2.93. The number of benzene rings is 2. The van der Waals surface area contributed by atoms with Crippen molar-refractivity contribution in [2.45, 2.75) is 46.2 Å². The number of hydrogen-bond acceptors (Lipinski definition) is 5. The van der Waals surface area contributed by atoms with E-state index in [1.165, 1.54) is 4.52 Å². The maximum absolute atomic E-state index is 13.5. The van der Waals surface area contributed by atoms with Crippen LogP contribution in [-0.4, -0.2) is 68.1 Å². The molecule has 2 aromatic carbocycles. The molecule has 1 atom stereocenters. The fourth-order valence-electron chi connectivity index (χ4n) is 4.43. The van der Waals surface area contributed by atoms with Gasteiger partial charge in [0, 0.05) is 31.1 Å². The van der Waals surface area contributed by atoms with Gasteiger partial charge in [0.1, 0.15) is 10.8 Å². The van der Waals surface area contributed by atoms with Crippen LogP contribution in [0.5, 0.6) is 0 Å². The normalized spacial score (nSPS) is 12.3. The molecule has 0 aliphatic rings. The molecular weight excluding hydrogens is 500 g/mol. The molecule has 0 bridgehead atoms. The summed E-state index contributed by atoms with van der Waals surface area (Å²) in [6.07, 6.45) is 1.13. The maximum atomic E-state index is 13.5. The van der Waals surface area contributed by atoms with Gasteiger partial charge in [-0.3, -0.25) is 9.36 Å². The van der Waals surface area contributed by atoms with E-state index in [-0.39, 0.29) is 17.6 Å². The first-order chi connectivity index (χ1) is 18.2. The second kappa shape index (κ2) is 11.9. The van der Waals surface area contributed by atoms with Crippen LogP contribution in [0.25, 0.3) is 5.65 Å². The summed E-state index contributed by atoms with van der Waals surface area (Å²) in [5.74, 6) is 0.620. The second-order valence-electron chi connectivity index (χ2n) is 10.1. The molecule has 4 rings (SSSR count). The lowest BCUT2D eigenvalue weighted by Gasteiger charge is -2.31. The highest BCUT2D eigenvalue weighted by molar-refractivity contribution is 6.34. The molecular formula is C29H35ClN6O2. The fourth-order valence-corrected chi connectivity index (χ4v) is 4.59. The molecule has 0 saturated heterocycles. The smallest absolute Gasteiger partial charge is 0.335 e. The zero-order valence-corrected chi connectivity index (χ0v) is 23.4. The van der Waals surface area contributed by atoms with Crippen LogP contribution in [0, 0.1) is 13.8 Å². The molecule has 200 valence electrons. The summed E-state index contributed by atoms with van der Waals surface area (Å²) >= 11 is 6.45. The number of aryl methyl sites for hydroxylation is 3. The van der Waals surface area contributed by atoms with E-state index in [2.05, 4.69) is 16.9 Å². The summed E-state index contributed by atoms with van der Waals surface area (Å²) in [5, 5.41) is 4.69. The number of rotatable bonds is 10. The van der Waals surface area contributed by atoms with Crippen molar-refractivity contribution in [1.29, 1.82) is 0 Å². The zero-order valence-electron chi connectivity index (χ0n) is 22.7. The maximum Gasteiger partial charge on any atom is 0.352 e. The van der Waals surface area contributed by atoms with Crippen molar-refractivity contribution in [3.63, 3.8) is 0 Å². The zero-order chi connectivity index (χ0) is 27.4. The first kappa shape index (κ1) is 27.5. The molecule has 1 amide bonds. The standard InChI is InChI=1S/C29H35ClN6O2/c1-20-11-14-24(15-12-20)28(37)34(18-17-33(4)5)21(2)13-16-25-31-27-26(30)22(3)32-36(27)29(38)35(25)19-23-9-7-6-8-10-23/h6-12,14-15,21H,13,16-19H2,1-5H3/t21-/m0/s1. The van der Waals surface area contributed by atoms with Crippen molar-refractivity contribution in [2.75, 3.05) is 27.2 Å². The van der Waals surface area contributed by atoms with Gasteiger partial charge in [-0.15, -0.1) is 0 Å². The molecule has 0 radical (unpaired) electrons. The Bertz CT molecular complexity index is 1460. The first-order valence-electron chi connectivity index (χ1n) is 12.9. The van der Waals surface area contributed by atoms with Crippen LogP contribution in [-0.2, 0) is 13.0 Å².